The molecule has 1 heterocycles. The van der Waals surface area contributed by atoms with Gasteiger partial charge in [-0.15, -0.1) is 0 Å². The maximum atomic E-state index is 12.1. The lowest BCUT2D eigenvalue weighted by molar-refractivity contribution is -0.121. The third kappa shape index (κ3) is 3.38. The second-order valence-corrected chi connectivity index (χ2v) is 5.98. The summed E-state index contributed by atoms with van der Waals surface area (Å²) in [5.41, 5.74) is 7.72. The topological polar surface area (TPSA) is 58.4 Å². The monoisotopic (exact) mass is 273 g/mol. The third-order valence-corrected chi connectivity index (χ3v) is 4.27. The zero-order valence-corrected chi connectivity index (χ0v) is 11.8. The average molecular weight is 273 g/mol. The number of rotatable bonds is 5. The number of nitrogens with two attached hydrogens (primary N) is 1. The van der Waals surface area contributed by atoms with Gasteiger partial charge in [0.05, 0.1) is 6.42 Å². The van der Waals surface area contributed by atoms with Gasteiger partial charge in [0, 0.05) is 31.7 Å². The average Bonchev–Trinajstić information content (AvgIpc) is 3.20. The van der Waals surface area contributed by atoms with Gasteiger partial charge in [-0.05, 0) is 30.4 Å². The van der Waals surface area contributed by atoms with Crippen molar-refractivity contribution in [2.24, 2.45) is 5.73 Å². The molecular formula is C16H23N3O. The highest BCUT2D eigenvalue weighted by Gasteiger charge is 2.34. The molecule has 0 spiro atoms. The van der Waals surface area contributed by atoms with Crippen molar-refractivity contribution in [3.05, 3.63) is 35.4 Å². The predicted octanol–water partition coefficient (Wildman–Crippen LogP) is 1.04. The molecule has 1 aromatic rings. The molecule has 0 radical (unpaired) electrons. The number of carbonyl (C=O) groups excluding carboxylic acids is 1. The number of carbonyl (C=O) groups is 1. The fourth-order valence-corrected chi connectivity index (χ4v) is 2.93. The number of hydrogen-bond acceptors (Lipinski definition) is 3. The van der Waals surface area contributed by atoms with Gasteiger partial charge in [-0.1, -0.05) is 24.3 Å². The summed E-state index contributed by atoms with van der Waals surface area (Å²) in [6.45, 7) is 2.72. The lowest BCUT2D eigenvalue weighted by Gasteiger charge is -2.15. The van der Waals surface area contributed by atoms with Crippen LogP contribution >= 0.6 is 0 Å². The molecule has 0 bridgehead atoms. The highest BCUT2D eigenvalue weighted by atomic mass is 16.1. The van der Waals surface area contributed by atoms with Gasteiger partial charge in [-0.3, -0.25) is 9.69 Å². The van der Waals surface area contributed by atoms with Gasteiger partial charge in [0.25, 0.3) is 0 Å². The van der Waals surface area contributed by atoms with Crippen LogP contribution in [0, 0.1) is 0 Å². The van der Waals surface area contributed by atoms with Gasteiger partial charge in [0.2, 0.25) is 5.91 Å². The van der Waals surface area contributed by atoms with Gasteiger partial charge < -0.3 is 11.1 Å². The van der Waals surface area contributed by atoms with E-state index < -0.39 is 0 Å². The lowest BCUT2D eigenvalue weighted by Crippen LogP contribution is -2.38. The number of nitrogens with zero attached hydrogens (tertiary/aromatic N) is 1. The van der Waals surface area contributed by atoms with E-state index >= 15 is 0 Å². The van der Waals surface area contributed by atoms with Crippen molar-refractivity contribution in [2.45, 2.75) is 44.3 Å². The Morgan fingerprint density at radius 3 is 2.55 bits per heavy atom. The molecule has 1 saturated carbocycles. The molecule has 3 N–H and O–H groups in total. The van der Waals surface area contributed by atoms with Crippen LogP contribution in [0.5, 0.6) is 0 Å². The minimum Gasteiger partial charge on any atom is -0.352 e. The van der Waals surface area contributed by atoms with Gasteiger partial charge >= 0.3 is 0 Å². The van der Waals surface area contributed by atoms with Gasteiger partial charge in [0.1, 0.15) is 0 Å². The number of likely N-dealkylation sites (tertiary alicyclic amines) is 1. The van der Waals surface area contributed by atoms with Crippen molar-refractivity contribution in [3.8, 4) is 0 Å². The smallest absolute Gasteiger partial charge is 0.224 e. The van der Waals surface area contributed by atoms with Crippen LogP contribution < -0.4 is 11.1 Å². The first-order valence-corrected chi connectivity index (χ1v) is 7.56. The normalized spacial score (nSPS) is 22.9. The van der Waals surface area contributed by atoms with E-state index in [4.69, 9.17) is 5.73 Å². The molecule has 4 nitrogen and oxygen atoms in total. The van der Waals surface area contributed by atoms with E-state index in [-0.39, 0.29) is 5.91 Å². The summed E-state index contributed by atoms with van der Waals surface area (Å²) in [6.07, 6.45) is 4.24. The molecule has 2 aliphatic rings. The highest BCUT2D eigenvalue weighted by molar-refractivity contribution is 5.78. The van der Waals surface area contributed by atoms with Crippen LogP contribution in [0.4, 0.5) is 0 Å². The first kappa shape index (κ1) is 13.6. The second-order valence-electron chi connectivity index (χ2n) is 5.98. The summed E-state index contributed by atoms with van der Waals surface area (Å²) in [6, 6.07) is 9.12. The van der Waals surface area contributed by atoms with Crippen molar-refractivity contribution in [1.82, 2.24) is 10.2 Å². The molecule has 1 unspecified atom stereocenters. The molecule has 1 saturated heterocycles. The number of amides is 1. The van der Waals surface area contributed by atoms with E-state index in [9.17, 15) is 4.79 Å². The largest absolute Gasteiger partial charge is 0.352 e. The van der Waals surface area contributed by atoms with Crippen LogP contribution in [-0.2, 0) is 17.8 Å². The first-order chi connectivity index (χ1) is 9.74. The summed E-state index contributed by atoms with van der Waals surface area (Å²) in [5.74, 6) is 0.133. The van der Waals surface area contributed by atoms with Crippen LogP contribution in [0.25, 0.3) is 0 Å². The number of nitrogens with one attached hydrogen (secondary N) is 1. The Morgan fingerprint density at radius 2 is 1.90 bits per heavy atom. The zero-order chi connectivity index (χ0) is 13.9. The fourth-order valence-electron chi connectivity index (χ4n) is 2.93. The van der Waals surface area contributed by atoms with Gasteiger partial charge in [-0.2, -0.15) is 0 Å². The summed E-state index contributed by atoms with van der Waals surface area (Å²) < 4.78 is 0. The maximum absolute atomic E-state index is 12.1. The van der Waals surface area contributed by atoms with E-state index in [0.717, 1.165) is 36.7 Å². The molecule has 3 rings (SSSR count). The van der Waals surface area contributed by atoms with Gasteiger partial charge in [0.15, 0.2) is 0 Å². The van der Waals surface area contributed by atoms with Crippen LogP contribution in [0.2, 0.25) is 0 Å². The Morgan fingerprint density at radius 1 is 1.20 bits per heavy atom. The van der Waals surface area contributed by atoms with Crippen molar-refractivity contribution in [1.29, 1.82) is 0 Å². The molecule has 0 aromatic heterocycles. The van der Waals surface area contributed by atoms with Crippen LogP contribution in [-0.4, -0.2) is 36.0 Å². The van der Waals surface area contributed by atoms with Crippen molar-refractivity contribution in [2.75, 3.05) is 13.1 Å². The molecular weight excluding hydrogens is 250 g/mol. The van der Waals surface area contributed by atoms with Crippen LogP contribution in [0.1, 0.15) is 30.4 Å². The van der Waals surface area contributed by atoms with Gasteiger partial charge in [-0.25, -0.2) is 0 Å². The molecule has 1 atom stereocenters. The standard InChI is InChI=1S/C16H23N3O/c17-10-13-3-1-12(2-4-13)9-16(20)18-14-7-8-19(11-14)15-5-6-15/h1-4,14-15H,5-11,17H2,(H,18,20). The molecule has 2 fully saturated rings. The molecule has 1 aliphatic heterocycles. The quantitative estimate of drug-likeness (QED) is 0.843. The van der Waals surface area contributed by atoms with Crippen molar-refractivity contribution < 1.29 is 4.79 Å². The van der Waals surface area contributed by atoms with E-state index in [1.165, 1.54) is 12.8 Å². The Hall–Kier alpha value is -1.39. The molecule has 1 amide bonds. The minimum atomic E-state index is 0.133. The number of benzene rings is 1. The Labute approximate surface area is 120 Å². The summed E-state index contributed by atoms with van der Waals surface area (Å²) in [7, 11) is 0. The fraction of sp³-hybridized carbons (Fsp3) is 0.562. The van der Waals surface area contributed by atoms with Crippen molar-refractivity contribution >= 4 is 5.91 Å². The molecule has 1 aromatic carbocycles. The minimum absolute atomic E-state index is 0.133. The Kier molecular flexibility index (Phi) is 4.03. The SMILES string of the molecule is NCc1ccc(CC(=O)NC2CCN(C3CC3)C2)cc1. The van der Waals surface area contributed by atoms with Crippen LogP contribution in [0.15, 0.2) is 24.3 Å². The molecule has 1 aliphatic carbocycles. The van der Waals surface area contributed by atoms with E-state index in [2.05, 4.69) is 10.2 Å². The second kappa shape index (κ2) is 5.94. The summed E-state index contributed by atoms with van der Waals surface area (Å²) >= 11 is 0. The zero-order valence-electron chi connectivity index (χ0n) is 11.8. The highest BCUT2D eigenvalue weighted by Crippen LogP contribution is 2.29. The molecule has 108 valence electrons. The summed E-state index contributed by atoms with van der Waals surface area (Å²) in [4.78, 5) is 14.6. The molecule has 20 heavy (non-hydrogen) atoms. The Balaban J connectivity index is 1.46. The van der Waals surface area contributed by atoms with E-state index in [1.54, 1.807) is 0 Å². The predicted molar refractivity (Wildman–Crippen MR) is 79.2 cm³/mol. The lowest BCUT2D eigenvalue weighted by atomic mass is 10.1. The van der Waals surface area contributed by atoms with Crippen molar-refractivity contribution in [3.63, 3.8) is 0 Å². The third-order valence-electron chi connectivity index (χ3n) is 4.27. The number of hydrogen-bond donors (Lipinski definition) is 2. The van der Waals surface area contributed by atoms with Crippen LogP contribution in [0.3, 0.4) is 0 Å². The van der Waals surface area contributed by atoms with E-state index in [1.807, 2.05) is 24.3 Å². The van der Waals surface area contributed by atoms with E-state index in [0.29, 0.717) is 19.0 Å². The summed E-state index contributed by atoms with van der Waals surface area (Å²) in [5, 5.41) is 3.16. The maximum Gasteiger partial charge on any atom is 0.224 e. The Bertz CT molecular complexity index is 467. The molecule has 4 heteroatoms. The first-order valence-electron chi connectivity index (χ1n) is 7.56.